The van der Waals surface area contributed by atoms with Crippen LogP contribution in [0.4, 0.5) is 0 Å². The van der Waals surface area contributed by atoms with E-state index in [0.717, 1.165) is 0 Å². The highest BCUT2D eigenvalue weighted by Crippen LogP contribution is 2.33. The Balaban J connectivity index is 1.20. The number of unbranched alkanes of at least 4 members (excludes halogenated alkanes) is 1. The topological polar surface area (TPSA) is 191 Å². The number of hydrazone groups is 2. The molecule has 0 aliphatic rings. The first kappa shape index (κ1) is 43.6. The molecule has 2 amide bonds. The monoisotopic (exact) mass is 798 g/mol. The van der Waals surface area contributed by atoms with Crippen LogP contribution in [0.25, 0.3) is 0 Å². The van der Waals surface area contributed by atoms with Gasteiger partial charge in [0, 0.05) is 12.8 Å². The number of esters is 2. The Morgan fingerprint density at radius 1 is 0.500 bits per heavy atom. The Morgan fingerprint density at radius 3 is 1.24 bits per heavy atom. The van der Waals surface area contributed by atoms with Gasteiger partial charge >= 0.3 is 11.9 Å². The van der Waals surface area contributed by atoms with E-state index in [4.69, 9.17) is 37.9 Å². The molecule has 4 aromatic rings. The van der Waals surface area contributed by atoms with Gasteiger partial charge in [-0.05, 0) is 111 Å². The van der Waals surface area contributed by atoms with Gasteiger partial charge in [0.1, 0.15) is 0 Å². The van der Waals surface area contributed by atoms with Gasteiger partial charge in [0.05, 0.1) is 65.2 Å². The minimum Gasteiger partial charge on any atom is -0.493 e. The summed E-state index contributed by atoms with van der Waals surface area (Å²) in [5.41, 5.74) is 6.63. The van der Waals surface area contributed by atoms with Crippen LogP contribution in [-0.2, 0) is 9.59 Å². The molecular weight excluding hydrogens is 752 g/mol. The second-order valence-corrected chi connectivity index (χ2v) is 12.0. The van der Waals surface area contributed by atoms with E-state index in [-0.39, 0.29) is 47.3 Å². The van der Waals surface area contributed by atoms with Gasteiger partial charge in [0.2, 0.25) is 11.8 Å². The lowest BCUT2D eigenvalue weighted by Crippen LogP contribution is -2.19. The van der Waals surface area contributed by atoms with Crippen molar-refractivity contribution in [2.24, 2.45) is 10.2 Å². The smallest absolute Gasteiger partial charge is 0.343 e. The first-order valence-electron chi connectivity index (χ1n) is 18.2. The number of carbonyl (C=O) groups excluding carboxylic acids is 4. The minimum atomic E-state index is -0.616. The molecule has 0 saturated heterocycles. The Kier molecular flexibility index (Phi) is 16.9. The van der Waals surface area contributed by atoms with Crippen molar-refractivity contribution >= 4 is 36.2 Å². The van der Waals surface area contributed by atoms with Crippen molar-refractivity contribution in [2.75, 3.05) is 41.7 Å². The lowest BCUT2D eigenvalue weighted by molar-refractivity contribution is -0.123. The van der Waals surface area contributed by atoms with Crippen LogP contribution in [0, 0.1) is 0 Å². The molecule has 0 saturated carbocycles. The van der Waals surface area contributed by atoms with Gasteiger partial charge in [-0.25, -0.2) is 20.4 Å². The Morgan fingerprint density at radius 2 is 0.879 bits per heavy atom. The summed E-state index contributed by atoms with van der Waals surface area (Å²) >= 11 is 0. The number of amides is 2. The second kappa shape index (κ2) is 22.5. The molecule has 0 spiro atoms. The molecule has 0 bridgehead atoms. The third kappa shape index (κ3) is 12.7. The SMILES string of the molecule is CCOc1cc(/C=N/NC(=O)CCCCC(=O)N/N=C/c2ccc(OC(=O)c3ccc(OC)c(OC)c3)c(OCC)c2)ccc1OC(=O)c1ccc(OC)c(OC)c1. The average molecular weight is 799 g/mol. The summed E-state index contributed by atoms with van der Waals surface area (Å²) in [4.78, 5) is 50.4. The second-order valence-electron chi connectivity index (χ2n) is 12.0. The van der Waals surface area contributed by atoms with Crippen LogP contribution in [-0.4, -0.2) is 77.8 Å². The molecule has 0 unspecified atom stereocenters. The van der Waals surface area contributed by atoms with Gasteiger partial charge < -0.3 is 37.9 Å². The first-order chi connectivity index (χ1) is 28.1. The maximum atomic E-state index is 12.8. The zero-order valence-electron chi connectivity index (χ0n) is 33.1. The molecule has 0 aliphatic heterocycles. The van der Waals surface area contributed by atoms with Crippen LogP contribution in [0.1, 0.15) is 71.4 Å². The largest absolute Gasteiger partial charge is 0.493 e. The Labute approximate surface area is 336 Å². The number of carbonyl (C=O) groups is 4. The number of benzene rings is 4. The fraction of sp³-hybridized carbons (Fsp3) is 0.286. The van der Waals surface area contributed by atoms with E-state index < -0.39 is 11.9 Å². The lowest BCUT2D eigenvalue weighted by Gasteiger charge is -2.12. The fourth-order valence-electron chi connectivity index (χ4n) is 5.20. The van der Waals surface area contributed by atoms with Gasteiger partial charge in [-0.3, -0.25) is 9.59 Å². The van der Waals surface area contributed by atoms with Gasteiger partial charge in [-0.1, -0.05) is 0 Å². The summed E-state index contributed by atoms with van der Waals surface area (Å²) in [6, 6.07) is 19.1. The number of ether oxygens (including phenoxy) is 8. The van der Waals surface area contributed by atoms with Crippen molar-refractivity contribution in [3.63, 3.8) is 0 Å². The van der Waals surface area contributed by atoms with Gasteiger partial charge in [-0.15, -0.1) is 0 Å². The highest BCUT2D eigenvalue weighted by molar-refractivity contribution is 5.93. The predicted molar refractivity (Wildman–Crippen MR) is 214 cm³/mol. The molecule has 16 heteroatoms. The summed E-state index contributed by atoms with van der Waals surface area (Å²) < 4.78 is 43.5. The van der Waals surface area contributed by atoms with Crippen molar-refractivity contribution in [1.29, 1.82) is 0 Å². The molecule has 0 heterocycles. The number of rotatable bonds is 21. The normalized spacial score (nSPS) is 10.8. The van der Waals surface area contributed by atoms with Crippen LogP contribution < -0.4 is 48.7 Å². The standard InChI is InChI=1S/C42H46N4O12/c1-7-55-37-21-27(13-17-33(37)57-41(49)29-15-19-31(51-3)35(23-29)53-5)25-43-45-39(47)11-9-10-12-40(48)46-44-26-28-14-18-34(38(22-28)56-8-2)58-42(50)30-16-20-32(52-4)36(24-30)54-6/h13-26H,7-12H2,1-6H3,(H,45,47)(H,46,48)/b43-25+,44-26+. The lowest BCUT2D eigenvalue weighted by atomic mass is 10.2. The molecule has 0 atom stereocenters. The Hall–Kier alpha value is -7.10. The van der Waals surface area contributed by atoms with Gasteiger partial charge in [-0.2, -0.15) is 10.2 Å². The van der Waals surface area contributed by atoms with E-state index in [1.807, 2.05) is 0 Å². The summed E-state index contributed by atoms with van der Waals surface area (Å²) in [6.07, 6.45) is 4.04. The maximum absolute atomic E-state index is 12.8. The molecule has 306 valence electrons. The summed E-state index contributed by atoms with van der Waals surface area (Å²) in [6.45, 7) is 4.22. The molecule has 0 aromatic heterocycles. The number of nitrogens with one attached hydrogen (secondary N) is 2. The number of hydrogen-bond acceptors (Lipinski definition) is 14. The van der Waals surface area contributed by atoms with Crippen molar-refractivity contribution < 1.29 is 57.1 Å². The Bertz CT molecular complexity index is 1970. The summed E-state index contributed by atoms with van der Waals surface area (Å²) in [5.74, 6) is 0.869. The van der Waals surface area contributed by atoms with E-state index in [1.54, 1.807) is 74.5 Å². The van der Waals surface area contributed by atoms with Crippen LogP contribution in [0.5, 0.6) is 46.0 Å². The highest BCUT2D eigenvalue weighted by Gasteiger charge is 2.18. The minimum absolute atomic E-state index is 0.145. The van der Waals surface area contributed by atoms with Gasteiger partial charge in [0.15, 0.2) is 46.0 Å². The number of methoxy groups -OCH3 is 4. The third-order valence-electron chi connectivity index (χ3n) is 8.04. The number of nitrogens with zero attached hydrogens (tertiary/aromatic N) is 2. The quantitative estimate of drug-likeness (QED) is 0.0324. The molecule has 2 N–H and O–H groups in total. The molecule has 0 aliphatic carbocycles. The van der Waals surface area contributed by atoms with Gasteiger partial charge in [0.25, 0.3) is 0 Å². The maximum Gasteiger partial charge on any atom is 0.343 e. The van der Waals surface area contributed by atoms with E-state index in [2.05, 4.69) is 21.1 Å². The van der Waals surface area contributed by atoms with Crippen LogP contribution in [0.15, 0.2) is 83.0 Å². The first-order valence-corrected chi connectivity index (χ1v) is 18.2. The molecule has 58 heavy (non-hydrogen) atoms. The zero-order chi connectivity index (χ0) is 41.9. The average Bonchev–Trinajstić information content (AvgIpc) is 3.23. The van der Waals surface area contributed by atoms with Crippen LogP contribution in [0.3, 0.4) is 0 Å². The molecule has 0 radical (unpaired) electrons. The van der Waals surface area contributed by atoms with E-state index >= 15 is 0 Å². The van der Waals surface area contributed by atoms with Crippen LogP contribution in [0.2, 0.25) is 0 Å². The third-order valence-corrected chi connectivity index (χ3v) is 8.04. The molecule has 16 nitrogen and oxygen atoms in total. The highest BCUT2D eigenvalue weighted by atomic mass is 16.6. The zero-order valence-corrected chi connectivity index (χ0v) is 33.1. The molecular formula is C42H46N4O12. The fourth-order valence-corrected chi connectivity index (χ4v) is 5.20. The van der Waals surface area contributed by atoms with Crippen molar-refractivity contribution in [3.8, 4) is 46.0 Å². The number of hydrogen-bond donors (Lipinski definition) is 2. The van der Waals surface area contributed by atoms with Crippen molar-refractivity contribution in [1.82, 2.24) is 10.9 Å². The van der Waals surface area contributed by atoms with Crippen LogP contribution >= 0.6 is 0 Å². The predicted octanol–water partition coefficient (Wildman–Crippen LogP) is 6.12. The summed E-state index contributed by atoms with van der Waals surface area (Å²) in [5, 5.41) is 8.02. The molecule has 4 rings (SSSR count). The van der Waals surface area contributed by atoms with E-state index in [1.165, 1.54) is 53.0 Å². The van der Waals surface area contributed by atoms with E-state index in [0.29, 0.717) is 71.7 Å². The van der Waals surface area contributed by atoms with Crippen molar-refractivity contribution in [3.05, 3.63) is 95.1 Å². The molecule has 0 fully saturated rings. The summed E-state index contributed by atoms with van der Waals surface area (Å²) in [7, 11) is 5.94. The molecule has 4 aromatic carbocycles. The van der Waals surface area contributed by atoms with E-state index in [9.17, 15) is 19.2 Å². The van der Waals surface area contributed by atoms with Crippen molar-refractivity contribution in [2.45, 2.75) is 39.5 Å².